The SMILES string of the molecule is CN(C)C(=O)CN1CCc2c(Br)ccc(F)c2C1. The van der Waals surface area contributed by atoms with Crippen LogP contribution < -0.4 is 0 Å². The van der Waals surface area contributed by atoms with Crippen LogP contribution >= 0.6 is 15.9 Å². The minimum absolute atomic E-state index is 0.0499. The summed E-state index contributed by atoms with van der Waals surface area (Å²) in [6, 6.07) is 3.22. The van der Waals surface area contributed by atoms with Gasteiger partial charge in [-0.3, -0.25) is 9.69 Å². The lowest BCUT2D eigenvalue weighted by molar-refractivity contribution is -0.130. The van der Waals surface area contributed by atoms with Crippen molar-refractivity contribution in [2.75, 3.05) is 27.2 Å². The van der Waals surface area contributed by atoms with Crippen LogP contribution in [0.15, 0.2) is 16.6 Å². The Morgan fingerprint density at radius 3 is 2.83 bits per heavy atom. The molecule has 98 valence electrons. The highest BCUT2D eigenvalue weighted by Gasteiger charge is 2.23. The van der Waals surface area contributed by atoms with Crippen molar-refractivity contribution < 1.29 is 9.18 Å². The summed E-state index contributed by atoms with van der Waals surface area (Å²) in [4.78, 5) is 15.2. The van der Waals surface area contributed by atoms with Crippen molar-refractivity contribution in [3.63, 3.8) is 0 Å². The average Bonchev–Trinajstić information content (AvgIpc) is 2.34. The Morgan fingerprint density at radius 1 is 1.44 bits per heavy atom. The zero-order valence-corrected chi connectivity index (χ0v) is 12.1. The van der Waals surface area contributed by atoms with Gasteiger partial charge in [-0.05, 0) is 24.1 Å². The first kappa shape index (κ1) is 13.5. The summed E-state index contributed by atoms with van der Waals surface area (Å²) in [5.74, 6) is -0.135. The van der Waals surface area contributed by atoms with Crippen LogP contribution in [0.3, 0.4) is 0 Å². The lowest BCUT2D eigenvalue weighted by atomic mass is 9.99. The van der Waals surface area contributed by atoms with E-state index in [0.717, 1.165) is 23.0 Å². The largest absolute Gasteiger partial charge is 0.348 e. The van der Waals surface area contributed by atoms with Gasteiger partial charge in [0.25, 0.3) is 0 Å². The first-order chi connectivity index (χ1) is 8.49. The van der Waals surface area contributed by atoms with Crippen LogP contribution in [0.4, 0.5) is 4.39 Å². The molecule has 3 nitrogen and oxygen atoms in total. The van der Waals surface area contributed by atoms with Crippen LogP contribution in [0.5, 0.6) is 0 Å². The number of carbonyl (C=O) groups is 1. The molecule has 0 saturated carbocycles. The van der Waals surface area contributed by atoms with Gasteiger partial charge in [0.1, 0.15) is 5.82 Å². The molecule has 1 amide bonds. The van der Waals surface area contributed by atoms with Gasteiger partial charge in [-0.2, -0.15) is 0 Å². The molecular weight excluding hydrogens is 299 g/mol. The van der Waals surface area contributed by atoms with Gasteiger partial charge < -0.3 is 4.90 Å². The fraction of sp³-hybridized carbons (Fsp3) is 0.462. The standard InChI is InChI=1S/C13H16BrFN2O/c1-16(2)13(18)8-17-6-5-9-10(7-17)12(15)4-3-11(9)14/h3-4H,5-8H2,1-2H3. The number of hydrogen-bond acceptors (Lipinski definition) is 2. The van der Waals surface area contributed by atoms with Crippen LogP contribution in [0.25, 0.3) is 0 Å². The predicted molar refractivity (Wildman–Crippen MR) is 71.8 cm³/mol. The molecule has 0 saturated heterocycles. The van der Waals surface area contributed by atoms with E-state index in [1.54, 1.807) is 25.1 Å². The summed E-state index contributed by atoms with van der Waals surface area (Å²) in [5, 5.41) is 0. The summed E-state index contributed by atoms with van der Waals surface area (Å²) in [6.45, 7) is 1.63. The van der Waals surface area contributed by atoms with Crippen molar-refractivity contribution in [2.45, 2.75) is 13.0 Å². The minimum Gasteiger partial charge on any atom is -0.348 e. The van der Waals surface area contributed by atoms with E-state index in [0.29, 0.717) is 18.7 Å². The Bertz CT molecular complexity index is 476. The second kappa shape index (κ2) is 5.36. The summed E-state index contributed by atoms with van der Waals surface area (Å²) in [6.07, 6.45) is 0.772. The van der Waals surface area contributed by atoms with Gasteiger partial charge in [-0.15, -0.1) is 0 Å². The Kier molecular flexibility index (Phi) is 4.02. The van der Waals surface area contributed by atoms with Gasteiger partial charge in [0, 0.05) is 37.2 Å². The maximum Gasteiger partial charge on any atom is 0.236 e. The Morgan fingerprint density at radius 2 is 2.17 bits per heavy atom. The molecule has 0 spiro atoms. The van der Waals surface area contributed by atoms with Crippen LogP contribution in [-0.4, -0.2) is 42.9 Å². The number of benzene rings is 1. The molecule has 0 radical (unpaired) electrons. The molecule has 2 rings (SSSR count). The molecule has 0 bridgehead atoms. The van der Waals surface area contributed by atoms with Gasteiger partial charge in [-0.25, -0.2) is 4.39 Å². The molecule has 0 unspecified atom stereocenters. The molecule has 0 aliphatic carbocycles. The van der Waals surface area contributed by atoms with E-state index in [1.165, 1.54) is 6.07 Å². The molecule has 0 fully saturated rings. The maximum absolute atomic E-state index is 13.8. The van der Waals surface area contributed by atoms with E-state index in [-0.39, 0.29) is 11.7 Å². The molecule has 1 aliphatic rings. The van der Waals surface area contributed by atoms with E-state index in [9.17, 15) is 9.18 Å². The highest BCUT2D eigenvalue weighted by atomic mass is 79.9. The van der Waals surface area contributed by atoms with Gasteiger partial charge >= 0.3 is 0 Å². The van der Waals surface area contributed by atoms with E-state index < -0.39 is 0 Å². The van der Waals surface area contributed by atoms with E-state index >= 15 is 0 Å². The fourth-order valence-corrected chi connectivity index (χ4v) is 2.69. The molecule has 0 aromatic heterocycles. The molecule has 0 N–H and O–H groups in total. The molecule has 1 aromatic rings. The lowest BCUT2D eigenvalue weighted by Gasteiger charge is -2.29. The molecule has 0 atom stereocenters. The number of halogens is 2. The van der Waals surface area contributed by atoms with Gasteiger partial charge in [-0.1, -0.05) is 15.9 Å². The molecule has 18 heavy (non-hydrogen) atoms. The lowest BCUT2D eigenvalue weighted by Crippen LogP contribution is -2.39. The second-order valence-corrected chi connectivity index (χ2v) is 5.59. The van der Waals surface area contributed by atoms with Crippen LogP contribution in [0.2, 0.25) is 0 Å². The maximum atomic E-state index is 13.8. The molecule has 1 heterocycles. The normalized spacial score (nSPS) is 15.3. The predicted octanol–water partition coefficient (Wildman–Crippen LogP) is 2.03. The van der Waals surface area contributed by atoms with Gasteiger partial charge in [0.05, 0.1) is 6.54 Å². The van der Waals surface area contributed by atoms with Crippen LogP contribution in [0, 0.1) is 5.82 Å². The zero-order chi connectivity index (χ0) is 13.3. The Balaban J connectivity index is 2.15. The van der Waals surface area contributed by atoms with Gasteiger partial charge in [0.2, 0.25) is 5.91 Å². The summed E-state index contributed by atoms with van der Waals surface area (Å²) in [7, 11) is 3.47. The quantitative estimate of drug-likeness (QED) is 0.834. The van der Waals surface area contributed by atoms with Crippen molar-refractivity contribution in [1.29, 1.82) is 0 Å². The van der Waals surface area contributed by atoms with E-state index in [2.05, 4.69) is 15.9 Å². The molecular formula is C13H16BrFN2O. The summed E-state index contributed by atoms with van der Waals surface area (Å²) >= 11 is 3.45. The first-order valence-corrected chi connectivity index (χ1v) is 6.66. The third kappa shape index (κ3) is 2.72. The third-order valence-corrected chi connectivity index (χ3v) is 3.98. The van der Waals surface area contributed by atoms with Crippen molar-refractivity contribution >= 4 is 21.8 Å². The highest BCUT2D eigenvalue weighted by Crippen LogP contribution is 2.28. The molecule has 1 aromatic carbocycles. The minimum atomic E-state index is -0.185. The topological polar surface area (TPSA) is 23.6 Å². The number of rotatable bonds is 2. The third-order valence-electron chi connectivity index (χ3n) is 3.23. The smallest absolute Gasteiger partial charge is 0.236 e. The first-order valence-electron chi connectivity index (χ1n) is 5.87. The number of carbonyl (C=O) groups excluding carboxylic acids is 1. The second-order valence-electron chi connectivity index (χ2n) is 4.74. The fourth-order valence-electron chi connectivity index (χ4n) is 2.12. The van der Waals surface area contributed by atoms with Crippen LogP contribution in [0.1, 0.15) is 11.1 Å². The van der Waals surface area contributed by atoms with Crippen molar-refractivity contribution in [3.05, 3.63) is 33.5 Å². The van der Waals surface area contributed by atoms with Crippen LogP contribution in [-0.2, 0) is 17.8 Å². The number of amides is 1. The Labute approximate surface area is 115 Å². The zero-order valence-electron chi connectivity index (χ0n) is 10.5. The van der Waals surface area contributed by atoms with Crippen molar-refractivity contribution in [1.82, 2.24) is 9.80 Å². The summed E-state index contributed by atoms with van der Waals surface area (Å²) < 4.78 is 14.7. The van der Waals surface area contributed by atoms with Crippen molar-refractivity contribution in [3.8, 4) is 0 Å². The number of fused-ring (bicyclic) bond motifs is 1. The molecule has 5 heteroatoms. The monoisotopic (exact) mass is 314 g/mol. The van der Waals surface area contributed by atoms with E-state index in [1.807, 2.05) is 4.90 Å². The number of hydrogen-bond donors (Lipinski definition) is 0. The van der Waals surface area contributed by atoms with Gasteiger partial charge in [0.15, 0.2) is 0 Å². The Hall–Kier alpha value is -0.940. The summed E-state index contributed by atoms with van der Waals surface area (Å²) in [5.41, 5.74) is 1.74. The highest BCUT2D eigenvalue weighted by molar-refractivity contribution is 9.10. The van der Waals surface area contributed by atoms with Crippen molar-refractivity contribution in [2.24, 2.45) is 0 Å². The van der Waals surface area contributed by atoms with E-state index in [4.69, 9.17) is 0 Å². The average molecular weight is 315 g/mol. The molecule has 1 aliphatic heterocycles. The number of likely N-dealkylation sites (N-methyl/N-ethyl adjacent to an activating group) is 1. The number of nitrogens with zero attached hydrogens (tertiary/aromatic N) is 2.